The molecule has 1 fully saturated rings. The molecule has 4 rings (SSSR count). The SMILES string of the molecule is CC(=O)N1c2ccc(-c3ccc(NS(C)(=O)=O)cc3)cc2N(C(=O)OC2CCCNC2)C[C@@H]1C. The van der Waals surface area contributed by atoms with E-state index in [4.69, 9.17) is 4.74 Å². The van der Waals surface area contributed by atoms with Crippen LogP contribution in [0.1, 0.15) is 26.7 Å². The number of rotatable bonds is 4. The number of anilines is 3. The molecular weight excluding hydrogens is 456 g/mol. The van der Waals surface area contributed by atoms with Crippen LogP contribution in [0.25, 0.3) is 11.1 Å². The maximum absolute atomic E-state index is 13.2. The van der Waals surface area contributed by atoms with Gasteiger partial charge in [0.1, 0.15) is 6.10 Å². The van der Waals surface area contributed by atoms with Gasteiger partial charge < -0.3 is 15.0 Å². The number of fused-ring (bicyclic) bond motifs is 1. The van der Waals surface area contributed by atoms with Crippen LogP contribution < -0.4 is 19.8 Å². The zero-order chi connectivity index (χ0) is 24.5. The van der Waals surface area contributed by atoms with Crippen molar-refractivity contribution < 1.29 is 22.7 Å². The van der Waals surface area contributed by atoms with Gasteiger partial charge in [-0.3, -0.25) is 14.4 Å². The van der Waals surface area contributed by atoms with Crippen LogP contribution in [0.4, 0.5) is 21.9 Å². The van der Waals surface area contributed by atoms with Gasteiger partial charge in [-0.05, 0) is 61.7 Å². The summed E-state index contributed by atoms with van der Waals surface area (Å²) in [6, 6.07) is 12.4. The lowest BCUT2D eigenvalue weighted by molar-refractivity contribution is -0.117. The van der Waals surface area contributed by atoms with Gasteiger partial charge in [-0.2, -0.15) is 0 Å². The van der Waals surface area contributed by atoms with E-state index in [-0.39, 0.29) is 18.1 Å². The van der Waals surface area contributed by atoms with Gasteiger partial charge in [-0.1, -0.05) is 18.2 Å². The molecule has 0 aromatic heterocycles. The summed E-state index contributed by atoms with van der Waals surface area (Å²) < 4.78 is 31.2. The standard InChI is InChI=1S/C24H30N4O5S/c1-16-15-27(24(30)33-21-5-4-12-25-14-21)23-13-19(8-11-22(23)28(16)17(2)29)18-6-9-20(10-7-18)26-34(3,31)32/h6-11,13,16,21,25-26H,4-5,12,14-15H2,1-3H3/t16-,21?/m0/s1. The molecule has 0 aliphatic carbocycles. The normalized spacial score (nSPS) is 20.4. The first-order valence-electron chi connectivity index (χ1n) is 11.3. The quantitative estimate of drug-likeness (QED) is 0.687. The Bertz CT molecular complexity index is 1180. The molecule has 0 spiro atoms. The maximum Gasteiger partial charge on any atom is 0.414 e. The van der Waals surface area contributed by atoms with Crippen LogP contribution in [0.3, 0.4) is 0 Å². The summed E-state index contributed by atoms with van der Waals surface area (Å²) in [4.78, 5) is 28.9. The Labute approximate surface area is 200 Å². The monoisotopic (exact) mass is 486 g/mol. The highest BCUT2D eigenvalue weighted by molar-refractivity contribution is 7.92. The minimum Gasteiger partial charge on any atom is -0.444 e. The molecule has 2 aromatic carbocycles. The topological polar surface area (TPSA) is 108 Å². The molecule has 0 radical (unpaired) electrons. The van der Waals surface area contributed by atoms with Crippen LogP contribution in [0.15, 0.2) is 42.5 Å². The number of carbonyl (C=O) groups excluding carboxylic acids is 2. The van der Waals surface area contributed by atoms with Gasteiger partial charge in [0.25, 0.3) is 0 Å². The van der Waals surface area contributed by atoms with Crippen molar-refractivity contribution in [2.24, 2.45) is 0 Å². The summed E-state index contributed by atoms with van der Waals surface area (Å²) in [6.45, 7) is 5.31. The smallest absolute Gasteiger partial charge is 0.414 e. The van der Waals surface area contributed by atoms with Gasteiger partial charge in [-0.25, -0.2) is 13.2 Å². The Morgan fingerprint density at radius 3 is 2.41 bits per heavy atom. The van der Waals surface area contributed by atoms with Crippen LogP contribution in [-0.2, 0) is 19.6 Å². The number of hydrogen-bond acceptors (Lipinski definition) is 6. The number of benzene rings is 2. The first-order valence-corrected chi connectivity index (χ1v) is 13.2. The molecule has 2 aliphatic rings. The van der Waals surface area contributed by atoms with Crippen molar-refractivity contribution >= 4 is 39.1 Å². The van der Waals surface area contributed by atoms with Crippen LogP contribution in [-0.4, -0.2) is 58.5 Å². The highest BCUT2D eigenvalue weighted by Crippen LogP contribution is 2.39. The average Bonchev–Trinajstić information content (AvgIpc) is 2.78. The molecule has 2 N–H and O–H groups in total. The number of nitrogens with zero attached hydrogens (tertiary/aromatic N) is 2. The number of nitrogens with one attached hydrogen (secondary N) is 2. The van der Waals surface area contributed by atoms with E-state index >= 15 is 0 Å². The number of sulfonamides is 1. The lowest BCUT2D eigenvalue weighted by Crippen LogP contribution is -2.52. The van der Waals surface area contributed by atoms with Crippen molar-refractivity contribution in [2.45, 2.75) is 38.8 Å². The molecule has 0 bridgehead atoms. The molecule has 1 saturated heterocycles. The fourth-order valence-corrected chi connectivity index (χ4v) is 5.09. The average molecular weight is 487 g/mol. The van der Waals surface area contributed by atoms with Gasteiger partial charge in [0.2, 0.25) is 15.9 Å². The molecule has 9 nitrogen and oxygen atoms in total. The third-order valence-corrected chi connectivity index (χ3v) is 6.62. The fourth-order valence-electron chi connectivity index (χ4n) is 4.53. The van der Waals surface area contributed by atoms with Crippen molar-refractivity contribution in [3.8, 4) is 11.1 Å². The molecule has 2 atom stereocenters. The highest BCUT2D eigenvalue weighted by atomic mass is 32.2. The van der Waals surface area contributed by atoms with Gasteiger partial charge in [-0.15, -0.1) is 0 Å². The van der Waals surface area contributed by atoms with E-state index in [1.807, 2.05) is 25.1 Å². The zero-order valence-electron chi connectivity index (χ0n) is 19.6. The lowest BCUT2D eigenvalue weighted by Gasteiger charge is -2.41. The van der Waals surface area contributed by atoms with Crippen molar-refractivity contribution in [1.82, 2.24) is 5.32 Å². The van der Waals surface area contributed by atoms with Gasteiger partial charge in [0, 0.05) is 25.7 Å². The molecule has 1 unspecified atom stereocenters. The van der Waals surface area contributed by atoms with E-state index in [2.05, 4.69) is 10.0 Å². The number of piperidine rings is 1. The Morgan fingerprint density at radius 2 is 1.79 bits per heavy atom. The molecule has 34 heavy (non-hydrogen) atoms. The molecule has 10 heteroatoms. The zero-order valence-corrected chi connectivity index (χ0v) is 20.4. The summed E-state index contributed by atoms with van der Waals surface area (Å²) in [6.07, 6.45) is 2.28. The van der Waals surface area contributed by atoms with E-state index in [1.54, 1.807) is 34.1 Å². The predicted octanol–water partition coefficient (Wildman–Crippen LogP) is 3.18. The van der Waals surface area contributed by atoms with E-state index in [0.29, 0.717) is 30.2 Å². The van der Waals surface area contributed by atoms with Crippen LogP contribution in [0, 0.1) is 0 Å². The molecule has 2 heterocycles. The molecular formula is C24H30N4O5S. The summed E-state index contributed by atoms with van der Waals surface area (Å²) in [5.74, 6) is -0.0952. The van der Waals surface area contributed by atoms with Crippen LogP contribution in [0.2, 0.25) is 0 Å². The number of amides is 2. The number of hydrogen-bond donors (Lipinski definition) is 2. The molecule has 2 aromatic rings. The molecule has 2 amide bonds. The van der Waals surface area contributed by atoms with Crippen LogP contribution in [0.5, 0.6) is 0 Å². The molecule has 182 valence electrons. The third kappa shape index (κ3) is 5.34. The number of carbonyl (C=O) groups is 2. The minimum atomic E-state index is -3.37. The second-order valence-electron chi connectivity index (χ2n) is 8.86. The maximum atomic E-state index is 13.2. The molecule has 2 aliphatic heterocycles. The second kappa shape index (κ2) is 9.63. The minimum absolute atomic E-state index is 0.0952. The van der Waals surface area contributed by atoms with Crippen LogP contribution >= 0.6 is 0 Å². The summed E-state index contributed by atoms with van der Waals surface area (Å²) in [5.41, 5.74) is 3.41. The first-order chi connectivity index (χ1) is 16.1. The van der Waals surface area contributed by atoms with Crippen molar-refractivity contribution in [2.75, 3.05) is 40.4 Å². The summed E-state index contributed by atoms with van der Waals surface area (Å²) in [5, 5.41) is 3.25. The summed E-state index contributed by atoms with van der Waals surface area (Å²) in [7, 11) is -3.37. The van der Waals surface area contributed by atoms with Crippen molar-refractivity contribution in [1.29, 1.82) is 0 Å². The molecule has 0 saturated carbocycles. The fraction of sp³-hybridized carbons (Fsp3) is 0.417. The van der Waals surface area contributed by atoms with E-state index < -0.39 is 16.1 Å². The van der Waals surface area contributed by atoms with Gasteiger partial charge >= 0.3 is 6.09 Å². The third-order valence-electron chi connectivity index (χ3n) is 6.01. The first kappa shape index (κ1) is 24.0. The summed E-state index contributed by atoms with van der Waals surface area (Å²) >= 11 is 0. The van der Waals surface area contributed by atoms with E-state index in [1.165, 1.54) is 6.92 Å². The van der Waals surface area contributed by atoms with Gasteiger partial charge in [0.15, 0.2) is 0 Å². The number of ether oxygens (including phenoxy) is 1. The highest BCUT2D eigenvalue weighted by Gasteiger charge is 2.35. The van der Waals surface area contributed by atoms with Gasteiger partial charge in [0.05, 0.1) is 23.7 Å². The van der Waals surface area contributed by atoms with Crippen molar-refractivity contribution in [3.63, 3.8) is 0 Å². The largest absolute Gasteiger partial charge is 0.444 e. The Kier molecular flexibility index (Phi) is 6.81. The Morgan fingerprint density at radius 1 is 1.09 bits per heavy atom. The van der Waals surface area contributed by atoms with Crippen molar-refractivity contribution in [3.05, 3.63) is 42.5 Å². The Hall–Kier alpha value is -3.11. The lowest BCUT2D eigenvalue weighted by atomic mass is 10.0. The Balaban J connectivity index is 1.67. The van der Waals surface area contributed by atoms with E-state index in [9.17, 15) is 18.0 Å². The second-order valence-corrected chi connectivity index (χ2v) is 10.6. The predicted molar refractivity (Wildman–Crippen MR) is 133 cm³/mol. The van der Waals surface area contributed by atoms with E-state index in [0.717, 1.165) is 36.8 Å².